The number of carbonyl (C=O) groups is 2. The molecule has 2 rings (SSSR count). The van der Waals surface area contributed by atoms with Crippen LogP contribution >= 0.6 is 0 Å². The lowest BCUT2D eigenvalue weighted by molar-refractivity contribution is -0.147. The molecule has 1 N–H and O–H groups in total. The number of methoxy groups -OCH3 is 1. The van der Waals surface area contributed by atoms with Crippen molar-refractivity contribution in [1.82, 2.24) is 0 Å². The molecule has 1 fully saturated rings. The third kappa shape index (κ3) is 1.61. The van der Waals surface area contributed by atoms with Crippen LogP contribution in [0.3, 0.4) is 0 Å². The van der Waals surface area contributed by atoms with E-state index in [0.717, 1.165) is 6.29 Å². The van der Waals surface area contributed by atoms with Gasteiger partial charge < -0.3 is 19.4 Å². The van der Waals surface area contributed by atoms with Crippen molar-refractivity contribution in [3.05, 3.63) is 11.8 Å². The monoisotopic (exact) mass is 226 g/mol. The Kier molecular flexibility index (Phi) is 2.96. The molecule has 88 valence electrons. The summed E-state index contributed by atoms with van der Waals surface area (Å²) >= 11 is 0. The van der Waals surface area contributed by atoms with E-state index in [-0.39, 0.29) is 17.8 Å². The van der Waals surface area contributed by atoms with E-state index in [9.17, 15) is 14.7 Å². The molecule has 1 saturated carbocycles. The number of aldehydes is 1. The van der Waals surface area contributed by atoms with E-state index in [0.29, 0.717) is 18.4 Å². The third-order valence-electron chi connectivity index (χ3n) is 3.43. The van der Waals surface area contributed by atoms with Crippen molar-refractivity contribution in [2.45, 2.75) is 19.1 Å². The summed E-state index contributed by atoms with van der Waals surface area (Å²) in [7, 11) is 1.30. The van der Waals surface area contributed by atoms with Crippen LogP contribution in [0.4, 0.5) is 0 Å². The first-order valence-corrected chi connectivity index (χ1v) is 5.26. The molecule has 0 spiro atoms. The van der Waals surface area contributed by atoms with Crippen molar-refractivity contribution >= 4 is 12.3 Å². The minimum absolute atomic E-state index is 0.133. The molecule has 1 aliphatic heterocycles. The highest BCUT2D eigenvalue weighted by molar-refractivity contribution is 5.89. The van der Waals surface area contributed by atoms with E-state index in [2.05, 4.69) is 4.74 Å². The highest BCUT2D eigenvalue weighted by Gasteiger charge is 2.47. The molecular formula is C11H14O5. The highest BCUT2D eigenvalue weighted by Crippen LogP contribution is 2.45. The molecule has 0 radical (unpaired) electrons. The lowest BCUT2D eigenvalue weighted by Gasteiger charge is -2.31. The van der Waals surface area contributed by atoms with Crippen LogP contribution in [0.5, 0.6) is 0 Å². The van der Waals surface area contributed by atoms with Crippen LogP contribution in [0.25, 0.3) is 0 Å². The van der Waals surface area contributed by atoms with Gasteiger partial charge in [0.2, 0.25) is 6.29 Å². The van der Waals surface area contributed by atoms with Crippen LogP contribution < -0.4 is 0 Å². The summed E-state index contributed by atoms with van der Waals surface area (Å²) in [5.74, 6) is -1.15. The Balaban J connectivity index is 2.26. The number of hydrogen-bond acceptors (Lipinski definition) is 5. The largest absolute Gasteiger partial charge is 0.472 e. The molecule has 0 bridgehead atoms. The van der Waals surface area contributed by atoms with Gasteiger partial charge in [-0.05, 0) is 12.8 Å². The molecule has 0 saturated heterocycles. The number of hydrogen-bond donors (Lipinski definition) is 1. The minimum atomic E-state index is -1.00. The second-order valence-corrected chi connectivity index (χ2v) is 4.15. The Bertz CT molecular complexity index is 335. The first-order chi connectivity index (χ1) is 7.69. The molecule has 5 heteroatoms. The van der Waals surface area contributed by atoms with Gasteiger partial charge in [-0.3, -0.25) is 0 Å². The number of ether oxygens (including phenoxy) is 2. The van der Waals surface area contributed by atoms with Crippen LogP contribution in [0, 0.1) is 17.8 Å². The smallest absolute Gasteiger partial charge is 0.337 e. The zero-order valence-corrected chi connectivity index (χ0v) is 8.96. The number of aliphatic hydroxyl groups excluding tert-OH is 1. The van der Waals surface area contributed by atoms with Gasteiger partial charge in [0.1, 0.15) is 6.29 Å². The fraction of sp³-hybridized carbons (Fsp3) is 0.636. The van der Waals surface area contributed by atoms with E-state index in [1.54, 1.807) is 0 Å². The van der Waals surface area contributed by atoms with E-state index in [1.165, 1.54) is 13.4 Å². The molecule has 4 atom stereocenters. The van der Waals surface area contributed by atoms with E-state index < -0.39 is 12.3 Å². The summed E-state index contributed by atoms with van der Waals surface area (Å²) < 4.78 is 9.64. The van der Waals surface area contributed by atoms with Gasteiger partial charge in [0, 0.05) is 17.8 Å². The Morgan fingerprint density at radius 3 is 3.00 bits per heavy atom. The average molecular weight is 226 g/mol. The maximum absolute atomic E-state index is 11.5. The summed E-state index contributed by atoms with van der Waals surface area (Å²) in [4.78, 5) is 22.3. The predicted octanol–water partition coefficient (Wildman–Crippen LogP) is 0.233. The third-order valence-corrected chi connectivity index (χ3v) is 3.43. The molecule has 0 amide bonds. The maximum Gasteiger partial charge on any atom is 0.337 e. The standard InChI is InChI=1S/C11H14O5/c1-15-10(13)8-5-16-11(14)9-6(4-12)2-3-7(8)9/h4-7,9,11,14H,2-3H2,1H3/t6-,7-,9-,11?/m1/s1. The second kappa shape index (κ2) is 4.25. The molecule has 0 aromatic rings. The number of carbonyl (C=O) groups excluding carboxylic acids is 2. The molecule has 1 heterocycles. The quantitative estimate of drug-likeness (QED) is 0.539. The van der Waals surface area contributed by atoms with Crippen LogP contribution in [0.1, 0.15) is 12.8 Å². The van der Waals surface area contributed by atoms with Gasteiger partial charge in [-0.2, -0.15) is 0 Å². The van der Waals surface area contributed by atoms with Crippen molar-refractivity contribution in [3.8, 4) is 0 Å². The highest BCUT2D eigenvalue weighted by atomic mass is 16.6. The predicted molar refractivity (Wildman–Crippen MR) is 53.0 cm³/mol. The van der Waals surface area contributed by atoms with Crippen molar-refractivity contribution in [3.63, 3.8) is 0 Å². The van der Waals surface area contributed by atoms with Crippen LogP contribution in [0.2, 0.25) is 0 Å². The number of esters is 1. The Morgan fingerprint density at radius 1 is 1.62 bits per heavy atom. The molecule has 1 unspecified atom stereocenters. The SMILES string of the molecule is COC(=O)C1=COC(O)[C@H]2[C@@H]1CC[C@@H]2C=O. The Hall–Kier alpha value is -1.36. The lowest BCUT2D eigenvalue weighted by Crippen LogP contribution is -2.36. The lowest BCUT2D eigenvalue weighted by atomic mass is 9.83. The van der Waals surface area contributed by atoms with Gasteiger partial charge in [0.15, 0.2) is 0 Å². The Labute approximate surface area is 93.0 Å². The average Bonchev–Trinajstić information content (AvgIpc) is 2.73. The van der Waals surface area contributed by atoms with Gasteiger partial charge in [0.05, 0.1) is 18.9 Å². The first kappa shape index (κ1) is 11.1. The molecule has 0 aromatic carbocycles. The van der Waals surface area contributed by atoms with E-state index >= 15 is 0 Å². The van der Waals surface area contributed by atoms with Gasteiger partial charge >= 0.3 is 5.97 Å². The summed E-state index contributed by atoms with van der Waals surface area (Å²) in [6, 6.07) is 0. The van der Waals surface area contributed by atoms with Crippen molar-refractivity contribution in [1.29, 1.82) is 0 Å². The number of aliphatic hydroxyl groups is 1. The summed E-state index contributed by atoms with van der Waals surface area (Å²) in [5.41, 5.74) is 0.419. The number of fused-ring (bicyclic) bond motifs is 1. The van der Waals surface area contributed by atoms with Crippen molar-refractivity contribution in [2.24, 2.45) is 17.8 Å². The maximum atomic E-state index is 11.5. The molecule has 0 aromatic heterocycles. The molecule has 16 heavy (non-hydrogen) atoms. The zero-order valence-electron chi connectivity index (χ0n) is 8.96. The van der Waals surface area contributed by atoms with Crippen LogP contribution in [0.15, 0.2) is 11.8 Å². The summed E-state index contributed by atoms with van der Waals surface area (Å²) in [6.07, 6.45) is 2.46. The fourth-order valence-electron chi connectivity index (χ4n) is 2.63. The Morgan fingerprint density at radius 2 is 2.38 bits per heavy atom. The first-order valence-electron chi connectivity index (χ1n) is 5.26. The van der Waals surface area contributed by atoms with Gasteiger partial charge in [-0.15, -0.1) is 0 Å². The van der Waals surface area contributed by atoms with Gasteiger partial charge in [0.25, 0.3) is 0 Å². The summed E-state index contributed by atoms with van der Waals surface area (Å²) in [6.45, 7) is 0. The molecule has 2 aliphatic rings. The molecule has 1 aliphatic carbocycles. The normalized spacial score (nSPS) is 37.0. The van der Waals surface area contributed by atoms with Crippen molar-refractivity contribution < 1.29 is 24.2 Å². The van der Waals surface area contributed by atoms with Gasteiger partial charge in [-0.25, -0.2) is 4.79 Å². The van der Waals surface area contributed by atoms with Gasteiger partial charge in [-0.1, -0.05) is 0 Å². The van der Waals surface area contributed by atoms with E-state index in [1.807, 2.05) is 0 Å². The minimum Gasteiger partial charge on any atom is -0.472 e. The van der Waals surface area contributed by atoms with E-state index in [4.69, 9.17) is 4.74 Å². The fourth-order valence-corrected chi connectivity index (χ4v) is 2.63. The molecule has 5 nitrogen and oxygen atoms in total. The summed E-state index contributed by atoms with van der Waals surface area (Å²) in [5, 5.41) is 9.68. The molecular weight excluding hydrogens is 212 g/mol. The number of rotatable bonds is 2. The van der Waals surface area contributed by atoms with Crippen molar-refractivity contribution in [2.75, 3.05) is 7.11 Å². The second-order valence-electron chi connectivity index (χ2n) is 4.15. The zero-order chi connectivity index (χ0) is 11.7. The van der Waals surface area contributed by atoms with Crippen LogP contribution in [-0.2, 0) is 19.1 Å². The van der Waals surface area contributed by atoms with Crippen LogP contribution in [-0.4, -0.2) is 30.8 Å². The topological polar surface area (TPSA) is 72.8 Å².